The first-order valence-electron chi connectivity index (χ1n) is 7.22. The van der Waals surface area contributed by atoms with Crippen molar-refractivity contribution in [2.24, 2.45) is 0 Å². The third-order valence-corrected chi connectivity index (χ3v) is 5.17. The van der Waals surface area contributed by atoms with E-state index in [4.69, 9.17) is 4.74 Å². The van der Waals surface area contributed by atoms with Crippen LogP contribution in [0.25, 0.3) is 0 Å². The predicted octanol–water partition coefficient (Wildman–Crippen LogP) is 0.428. The second-order valence-electron chi connectivity index (χ2n) is 5.23. The number of nitrogens with zero attached hydrogens (tertiary/aromatic N) is 2. The zero-order valence-electron chi connectivity index (χ0n) is 12.1. The number of ether oxygens (including phenoxy) is 1. The van der Waals surface area contributed by atoms with E-state index in [-0.39, 0.29) is 18.0 Å². The number of rotatable bonds is 4. The molecule has 2 aliphatic heterocycles. The molecule has 7 nitrogen and oxygen atoms in total. The summed E-state index contributed by atoms with van der Waals surface area (Å²) in [7, 11) is 0. The summed E-state index contributed by atoms with van der Waals surface area (Å²) < 4.78 is 5.27. The summed E-state index contributed by atoms with van der Waals surface area (Å²) >= 11 is 1.52. The number of amides is 2. The van der Waals surface area contributed by atoms with E-state index in [9.17, 15) is 19.8 Å². The van der Waals surface area contributed by atoms with Crippen LogP contribution in [0, 0.1) is 0 Å². The largest absolute Gasteiger partial charge is 0.480 e. The molecule has 21 heavy (non-hydrogen) atoms. The van der Waals surface area contributed by atoms with E-state index in [1.807, 2.05) is 6.92 Å². The Morgan fingerprint density at radius 2 is 2.19 bits per heavy atom. The van der Waals surface area contributed by atoms with Gasteiger partial charge in [-0.25, -0.2) is 9.59 Å². The van der Waals surface area contributed by atoms with Crippen LogP contribution in [0.1, 0.15) is 19.8 Å². The number of hydrogen-bond acceptors (Lipinski definition) is 5. The van der Waals surface area contributed by atoms with Crippen LogP contribution in [0.4, 0.5) is 4.79 Å². The summed E-state index contributed by atoms with van der Waals surface area (Å²) in [6, 6.07) is -1.48. The molecule has 0 aromatic heterocycles. The lowest BCUT2D eigenvalue weighted by molar-refractivity contribution is -0.141. The van der Waals surface area contributed by atoms with E-state index in [2.05, 4.69) is 0 Å². The van der Waals surface area contributed by atoms with E-state index in [0.29, 0.717) is 25.5 Å². The molecule has 0 aliphatic carbocycles. The van der Waals surface area contributed by atoms with Crippen molar-refractivity contribution in [3.63, 3.8) is 0 Å². The third-order valence-electron chi connectivity index (χ3n) is 3.82. The van der Waals surface area contributed by atoms with E-state index < -0.39 is 18.1 Å². The molecule has 0 spiro atoms. The molecule has 120 valence electrons. The highest BCUT2D eigenvalue weighted by molar-refractivity contribution is 8.00. The van der Waals surface area contributed by atoms with Gasteiger partial charge < -0.3 is 19.8 Å². The van der Waals surface area contributed by atoms with Crippen LogP contribution in [0.15, 0.2) is 0 Å². The fraction of sp³-hybridized carbons (Fsp3) is 0.846. The number of aliphatic carboxylic acids is 1. The lowest BCUT2D eigenvalue weighted by Gasteiger charge is -2.39. The molecule has 2 N–H and O–H groups in total. The minimum Gasteiger partial charge on any atom is -0.480 e. The molecule has 2 heterocycles. The Labute approximate surface area is 128 Å². The molecule has 2 aliphatic rings. The zero-order chi connectivity index (χ0) is 15.4. The molecule has 3 unspecified atom stereocenters. The van der Waals surface area contributed by atoms with E-state index >= 15 is 0 Å². The minimum atomic E-state index is -0.969. The number of carbonyl (C=O) groups is 2. The second kappa shape index (κ2) is 7.33. The highest BCUT2D eigenvalue weighted by Gasteiger charge is 2.44. The van der Waals surface area contributed by atoms with Gasteiger partial charge in [0.15, 0.2) is 0 Å². The van der Waals surface area contributed by atoms with Gasteiger partial charge in [-0.05, 0) is 6.42 Å². The summed E-state index contributed by atoms with van der Waals surface area (Å²) in [5.74, 6) is -0.553. The molecule has 0 aromatic rings. The van der Waals surface area contributed by atoms with Crippen LogP contribution < -0.4 is 0 Å². The fourth-order valence-electron chi connectivity index (χ4n) is 2.69. The first kappa shape index (κ1) is 16.4. The van der Waals surface area contributed by atoms with Crippen LogP contribution in [0.5, 0.6) is 0 Å². The molecule has 3 atom stereocenters. The molecular weight excluding hydrogens is 296 g/mol. The van der Waals surface area contributed by atoms with Crippen molar-refractivity contribution in [3.05, 3.63) is 0 Å². The van der Waals surface area contributed by atoms with Crippen molar-refractivity contribution in [3.8, 4) is 0 Å². The summed E-state index contributed by atoms with van der Waals surface area (Å²) in [4.78, 5) is 27.2. The molecule has 8 heteroatoms. The SMILES string of the molecule is CCCC1SCC(C(=O)O)N1C(=O)N1CCOCC1CO. The molecular formula is C13H22N2O5S. The van der Waals surface area contributed by atoms with Gasteiger partial charge in [0.1, 0.15) is 6.04 Å². The summed E-state index contributed by atoms with van der Waals surface area (Å²) in [5, 5.41) is 18.6. The van der Waals surface area contributed by atoms with Gasteiger partial charge in [-0.1, -0.05) is 13.3 Å². The number of hydrogen-bond donors (Lipinski definition) is 2. The second-order valence-corrected chi connectivity index (χ2v) is 6.44. The number of carboxylic acids is 1. The summed E-state index contributed by atoms with van der Waals surface area (Å²) in [5.41, 5.74) is 0. The average Bonchev–Trinajstić information content (AvgIpc) is 2.91. The number of carbonyl (C=O) groups excluding carboxylic acids is 1. The average molecular weight is 318 g/mol. The Balaban J connectivity index is 2.17. The lowest BCUT2D eigenvalue weighted by Crippen LogP contribution is -2.58. The van der Waals surface area contributed by atoms with Crippen molar-refractivity contribution in [1.82, 2.24) is 9.80 Å². The number of aliphatic hydroxyl groups is 1. The standard InChI is InChI=1S/C13H22N2O5S/c1-2-3-11-15(10(8-21-11)12(17)18)13(19)14-4-5-20-7-9(14)6-16/h9-11,16H,2-8H2,1H3,(H,17,18). The van der Waals surface area contributed by atoms with Crippen LogP contribution >= 0.6 is 11.8 Å². The van der Waals surface area contributed by atoms with Gasteiger partial charge >= 0.3 is 12.0 Å². The zero-order valence-corrected chi connectivity index (χ0v) is 12.9. The van der Waals surface area contributed by atoms with Crippen LogP contribution in [0.2, 0.25) is 0 Å². The first-order valence-corrected chi connectivity index (χ1v) is 8.27. The monoisotopic (exact) mass is 318 g/mol. The normalized spacial score (nSPS) is 29.7. The van der Waals surface area contributed by atoms with Gasteiger partial charge in [0.2, 0.25) is 0 Å². The van der Waals surface area contributed by atoms with Gasteiger partial charge in [0.25, 0.3) is 0 Å². The van der Waals surface area contributed by atoms with Crippen molar-refractivity contribution in [1.29, 1.82) is 0 Å². The molecule has 0 aromatic carbocycles. The molecule has 0 radical (unpaired) electrons. The van der Waals surface area contributed by atoms with Gasteiger partial charge in [-0.2, -0.15) is 0 Å². The molecule has 2 rings (SSSR count). The molecule has 2 saturated heterocycles. The maximum atomic E-state index is 12.8. The lowest BCUT2D eigenvalue weighted by atomic mass is 10.2. The molecule has 2 amide bonds. The number of urea groups is 1. The Bertz CT molecular complexity index is 395. The van der Waals surface area contributed by atoms with E-state index in [1.165, 1.54) is 16.7 Å². The Morgan fingerprint density at radius 3 is 2.81 bits per heavy atom. The smallest absolute Gasteiger partial charge is 0.327 e. The van der Waals surface area contributed by atoms with Crippen molar-refractivity contribution in [2.75, 3.05) is 32.1 Å². The van der Waals surface area contributed by atoms with Crippen LogP contribution in [-0.2, 0) is 9.53 Å². The maximum absolute atomic E-state index is 12.8. The van der Waals surface area contributed by atoms with Gasteiger partial charge in [-0.3, -0.25) is 4.90 Å². The molecule has 2 fully saturated rings. The Hall–Kier alpha value is -0.990. The topological polar surface area (TPSA) is 90.3 Å². The summed E-state index contributed by atoms with van der Waals surface area (Å²) in [6.07, 6.45) is 1.66. The van der Waals surface area contributed by atoms with Crippen molar-refractivity contribution < 1.29 is 24.5 Å². The predicted molar refractivity (Wildman–Crippen MR) is 78.2 cm³/mol. The highest BCUT2D eigenvalue weighted by atomic mass is 32.2. The summed E-state index contributed by atoms with van der Waals surface area (Å²) in [6.45, 7) is 2.93. The van der Waals surface area contributed by atoms with Crippen LogP contribution in [-0.4, -0.2) is 81.6 Å². The maximum Gasteiger partial charge on any atom is 0.327 e. The first-order chi connectivity index (χ1) is 10.1. The minimum absolute atomic E-state index is 0.106. The Kier molecular flexibility index (Phi) is 5.72. The van der Waals surface area contributed by atoms with Gasteiger partial charge in [-0.15, -0.1) is 11.8 Å². The number of carboxylic acid groups (broad SMARTS) is 1. The molecule has 0 bridgehead atoms. The van der Waals surface area contributed by atoms with E-state index in [1.54, 1.807) is 4.90 Å². The van der Waals surface area contributed by atoms with Crippen LogP contribution in [0.3, 0.4) is 0 Å². The van der Waals surface area contributed by atoms with Gasteiger partial charge in [0, 0.05) is 12.3 Å². The fourth-order valence-corrected chi connectivity index (χ4v) is 4.19. The van der Waals surface area contributed by atoms with Gasteiger partial charge in [0.05, 0.1) is 31.2 Å². The molecule has 0 saturated carbocycles. The Morgan fingerprint density at radius 1 is 1.43 bits per heavy atom. The van der Waals surface area contributed by atoms with Crippen molar-refractivity contribution >= 4 is 23.8 Å². The number of aliphatic hydroxyl groups excluding tert-OH is 1. The number of thioether (sulfide) groups is 1. The quantitative estimate of drug-likeness (QED) is 0.781. The van der Waals surface area contributed by atoms with Crippen molar-refractivity contribution in [2.45, 2.75) is 37.2 Å². The third kappa shape index (κ3) is 3.44. The van der Waals surface area contributed by atoms with E-state index in [0.717, 1.165) is 12.8 Å². The number of morpholine rings is 1. The highest BCUT2D eigenvalue weighted by Crippen LogP contribution is 2.33.